The van der Waals surface area contributed by atoms with E-state index in [9.17, 15) is 0 Å². The molecule has 0 amide bonds. The summed E-state index contributed by atoms with van der Waals surface area (Å²) >= 11 is 3.53. The largest absolute Gasteiger partial charge is 0.374 e. The van der Waals surface area contributed by atoms with Crippen molar-refractivity contribution in [3.05, 3.63) is 48.0 Å². The summed E-state index contributed by atoms with van der Waals surface area (Å²) in [5.41, 5.74) is 1.41. The van der Waals surface area contributed by atoms with Gasteiger partial charge in [0.15, 0.2) is 0 Å². The molecule has 2 nitrogen and oxygen atoms in total. The van der Waals surface area contributed by atoms with Gasteiger partial charge in [0.25, 0.3) is 0 Å². The van der Waals surface area contributed by atoms with Gasteiger partial charge in [0.1, 0.15) is 0 Å². The number of fused-ring (bicyclic) bond motifs is 1. The molecular weight excluding hydrogens is 314 g/mol. The Hall–Kier alpha value is -0.900. The van der Waals surface area contributed by atoms with Gasteiger partial charge in [0.05, 0.1) is 12.7 Å². The van der Waals surface area contributed by atoms with Crippen LogP contribution >= 0.6 is 15.9 Å². The summed E-state index contributed by atoms with van der Waals surface area (Å²) in [5.74, 6) is 0. The maximum Gasteiger partial charge on any atom is 0.0799 e. The van der Waals surface area contributed by atoms with E-state index in [0.29, 0.717) is 12.1 Å². The molecule has 106 valence electrons. The molecule has 1 saturated heterocycles. The first-order valence-electron chi connectivity index (χ1n) is 7.16. The molecule has 2 aromatic rings. The molecule has 0 spiro atoms. The Labute approximate surface area is 128 Å². The van der Waals surface area contributed by atoms with Crippen LogP contribution in [0, 0.1) is 0 Å². The number of nitrogens with zero attached hydrogens (tertiary/aromatic N) is 1. The van der Waals surface area contributed by atoms with Gasteiger partial charge in [0.2, 0.25) is 0 Å². The van der Waals surface area contributed by atoms with Crippen molar-refractivity contribution in [3.63, 3.8) is 0 Å². The van der Waals surface area contributed by atoms with Crippen LogP contribution in [-0.4, -0.2) is 35.5 Å². The topological polar surface area (TPSA) is 12.5 Å². The number of rotatable bonds is 3. The molecule has 0 aliphatic carbocycles. The molecule has 3 rings (SSSR count). The summed E-state index contributed by atoms with van der Waals surface area (Å²) in [6.07, 6.45) is 0.307. The quantitative estimate of drug-likeness (QED) is 0.791. The molecule has 1 fully saturated rings. The van der Waals surface area contributed by atoms with E-state index in [0.717, 1.165) is 25.0 Å². The number of morpholine rings is 1. The smallest absolute Gasteiger partial charge is 0.0799 e. The fourth-order valence-electron chi connectivity index (χ4n) is 2.84. The molecule has 1 heterocycles. The summed E-state index contributed by atoms with van der Waals surface area (Å²) in [6, 6.07) is 15.7. The SMILES string of the molecule is CC1COC(CBr)CN1Cc1cccc2ccccc12. The van der Waals surface area contributed by atoms with E-state index in [4.69, 9.17) is 4.74 Å². The lowest BCUT2D eigenvalue weighted by Gasteiger charge is -2.37. The van der Waals surface area contributed by atoms with E-state index >= 15 is 0 Å². The zero-order valence-corrected chi connectivity index (χ0v) is 13.3. The summed E-state index contributed by atoms with van der Waals surface area (Å²) in [7, 11) is 0. The summed E-state index contributed by atoms with van der Waals surface area (Å²) in [5, 5.41) is 3.60. The molecule has 1 aliphatic rings. The fraction of sp³-hybridized carbons (Fsp3) is 0.412. The van der Waals surface area contributed by atoms with Crippen molar-refractivity contribution in [2.24, 2.45) is 0 Å². The van der Waals surface area contributed by atoms with Gasteiger partial charge in [-0.1, -0.05) is 58.4 Å². The van der Waals surface area contributed by atoms with Crippen molar-refractivity contribution >= 4 is 26.7 Å². The van der Waals surface area contributed by atoms with Crippen LogP contribution < -0.4 is 0 Å². The molecule has 0 N–H and O–H groups in total. The Kier molecular flexibility index (Phi) is 4.39. The Bertz CT molecular complexity index is 581. The third kappa shape index (κ3) is 2.90. The van der Waals surface area contributed by atoms with Crippen LogP contribution in [0.4, 0.5) is 0 Å². The van der Waals surface area contributed by atoms with Gasteiger partial charge in [-0.3, -0.25) is 4.90 Å². The molecular formula is C17H20BrNO. The number of hydrogen-bond donors (Lipinski definition) is 0. The highest BCUT2D eigenvalue weighted by atomic mass is 79.9. The maximum atomic E-state index is 5.81. The number of benzene rings is 2. The number of hydrogen-bond acceptors (Lipinski definition) is 2. The zero-order chi connectivity index (χ0) is 13.9. The van der Waals surface area contributed by atoms with Gasteiger partial charge in [-0.2, -0.15) is 0 Å². The van der Waals surface area contributed by atoms with Crippen LogP contribution in [0.25, 0.3) is 10.8 Å². The predicted octanol–water partition coefficient (Wildman–Crippen LogP) is 3.82. The van der Waals surface area contributed by atoms with Crippen molar-refractivity contribution in [3.8, 4) is 0 Å². The molecule has 2 unspecified atom stereocenters. The number of alkyl halides is 1. The van der Waals surface area contributed by atoms with Crippen LogP contribution in [-0.2, 0) is 11.3 Å². The molecule has 3 heteroatoms. The molecule has 2 aromatic carbocycles. The van der Waals surface area contributed by atoms with Gasteiger partial charge in [-0.05, 0) is 23.3 Å². The first-order valence-corrected chi connectivity index (χ1v) is 8.28. The van der Waals surface area contributed by atoms with Crippen molar-refractivity contribution in [2.75, 3.05) is 18.5 Å². The molecule has 0 bridgehead atoms. The third-order valence-electron chi connectivity index (χ3n) is 4.06. The summed E-state index contributed by atoms with van der Waals surface area (Å²) in [4.78, 5) is 2.53. The second-order valence-corrected chi connectivity index (χ2v) is 6.17. The lowest BCUT2D eigenvalue weighted by molar-refractivity contribution is -0.0498. The first kappa shape index (κ1) is 14.1. The fourth-order valence-corrected chi connectivity index (χ4v) is 3.23. The van der Waals surface area contributed by atoms with Crippen molar-refractivity contribution < 1.29 is 4.74 Å². The van der Waals surface area contributed by atoms with Gasteiger partial charge in [0, 0.05) is 24.5 Å². The number of halogens is 1. The summed E-state index contributed by atoms with van der Waals surface area (Å²) in [6.45, 7) is 5.06. The predicted molar refractivity (Wildman–Crippen MR) is 87.4 cm³/mol. The average molecular weight is 334 g/mol. The first-order chi connectivity index (χ1) is 9.78. The number of ether oxygens (including phenoxy) is 1. The van der Waals surface area contributed by atoms with Crippen molar-refractivity contribution in [1.82, 2.24) is 4.90 Å². The summed E-state index contributed by atoms with van der Waals surface area (Å²) < 4.78 is 5.81. The van der Waals surface area contributed by atoms with Crippen LogP contribution in [0.5, 0.6) is 0 Å². The van der Waals surface area contributed by atoms with Gasteiger partial charge in [-0.15, -0.1) is 0 Å². The standard InChI is InChI=1S/C17H20BrNO/c1-13-12-20-16(9-18)11-19(13)10-15-7-4-6-14-5-2-3-8-17(14)15/h2-8,13,16H,9-12H2,1H3. The van der Waals surface area contributed by atoms with Crippen LogP contribution in [0.3, 0.4) is 0 Å². The van der Waals surface area contributed by atoms with E-state index in [2.05, 4.69) is 70.2 Å². The van der Waals surface area contributed by atoms with Crippen LogP contribution in [0.2, 0.25) is 0 Å². The minimum absolute atomic E-state index is 0.307. The van der Waals surface area contributed by atoms with Gasteiger partial charge >= 0.3 is 0 Å². The Balaban J connectivity index is 1.85. The second kappa shape index (κ2) is 6.25. The van der Waals surface area contributed by atoms with Crippen molar-refractivity contribution in [1.29, 1.82) is 0 Å². The van der Waals surface area contributed by atoms with E-state index in [1.807, 2.05) is 0 Å². The van der Waals surface area contributed by atoms with E-state index in [-0.39, 0.29) is 0 Å². The Morgan fingerprint density at radius 1 is 1.20 bits per heavy atom. The van der Waals surface area contributed by atoms with E-state index < -0.39 is 0 Å². The van der Waals surface area contributed by atoms with E-state index in [1.54, 1.807) is 0 Å². The monoisotopic (exact) mass is 333 g/mol. The average Bonchev–Trinajstić information content (AvgIpc) is 2.50. The molecule has 0 saturated carbocycles. The Morgan fingerprint density at radius 2 is 2.00 bits per heavy atom. The Morgan fingerprint density at radius 3 is 2.85 bits per heavy atom. The van der Waals surface area contributed by atoms with Crippen LogP contribution in [0.15, 0.2) is 42.5 Å². The third-order valence-corrected chi connectivity index (χ3v) is 4.78. The zero-order valence-electron chi connectivity index (χ0n) is 11.8. The lowest BCUT2D eigenvalue weighted by Crippen LogP contribution is -2.48. The van der Waals surface area contributed by atoms with Crippen LogP contribution in [0.1, 0.15) is 12.5 Å². The minimum atomic E-state index is 0.307. The highest BCUT2D eigenvalue weighted by Crippen LogP contribution is 2.22. The highest BCUT2D eigenvalue weighted by Gasteiger charge is 2.25. The van der Waals surface area contributed by atoms with Crippen molar-refractivity contribution in [2.45, 2.75) is 25.6 Å². The molecule has 20 heavy (non-hydrogen) atoms. The molecule has 2 atom stereocenters. The lowest BCUT2D eigenvalue weighted by atomic mass is 10.0. The normalized spacial score (nSPS) is 24.1. The second-order valence-electron chi connectivity index (χ2n) is 5.53. The maximum absolute atomic E-state index is 5.81. The molecule has 1 aliphatic heterocycles. The van der Waals surface area contributed by atoms with Gasteiger partial charge < -0.3 is 4.74 Å². The molecule has 0 radical (unpaired) electrons. The van der Waals surface area contributed by atoms with Gasteiger partial charge in [-0.25, -0.2) is 0 Å². The van der Waals surface area contributed by atoms with E-state index in [1.165, 1.54) is 16.3 Å². The molecule has 0 aromatic heterocycles. The highest BCUT2D eigenvalue weighted by molar-refractivity contribution is 9.09. The minimum Gasteiger partial charge on any atom is -0.374 e.